The number of fused-ring (bicyclic) bond motifs is 1. The average Bonchev–Trinajstić information content (AvgIpc) is 3.00. The number of hydrogen-bond acceptors (Lipinski definition) is 2. The third-order valence-corrected chi connectivity index (χ3v) is 8.44. The fourth-order valence-corrected chi connectivity index (χ4v) is 6.57. The second-order valence-electron chi connectivity index (χ2n) is 10.9. The summed E-state index contributed by atoms with van der Waals surface area (Å²) in [6.45, 7) is 11.8. The third-order valence-electron chi connectivity index (χ3n) is 8.44. The summed E-state index contributed by atoms with van der Waals surface area (Å²) in [7, 11) is 0. The molecule has 0 radical (unpaired) electrons. The highest BCUT2D eigenvalue weighted by Crippen LogP contribution is 2.58. The summed E-state index contributed by atoms with van der Waals surface area (Å²) >= 11 is 0. The van der Waals surface area contributed by atoms with E-state index in [0.717, 1.165) is 28.9 Å². The molecule has 0 aromatic heterocycles. The highest BCUT2D eigenvalue weighted by Gasteiger charge is 2.49. The Hall–Kier alpha value is -0.860. The summed E-state index contributed by atoms with van der Waals surface area (Å²) in [6.07, 6.45) is 16.5. The molecule has 0 aromatic rings. The van der Waals surface area contributed by atoms with E-state index in [0.29, 0.717) is 24.2 Å². The van der Waals surface area contributed by atoms with Crippen molar-refractivity contribution in [2.24, 2.45) is 29.1 Å². The maximum Gasteiger partial charge on any atom is 0.0777 e. The van der Waals surface area contributed by atoms with Crippen LogP contribution in [0, 0.1) is 29.1 Å². The van der Waals surface area contributed by atoms with Gasteiger partial charge in [0.1, 0.15) is 0 Å². The molecule has 3 aliphatic rings. The summed E-state index contributed by atoms with van der Waals surface area (Å²) in [5.74, 6) is 3.15. The van der Waals surface area contributed by atoms with Crippen molar-refractivity contribution in [2.45, 2.75) is 105 Å². The first-order valence-electron chi connectivity index (χ1n) is 12.2. The molecule has 0 saturated heterocycles. The number of allylic oxidation sites excluding steroid dienone is 4. The highest BCUT2D eigenvalue weighted by atomic mass is 16.3. The zero-order chi connectivity index (χ0) is 21.2. The molecule has 2 nitrogen and oxygen atoms in total. The standard InChI is InChI=1S/C27H44O2/c1-18(2)8-6-9-19(3)24-13-14-25-21(10-7-15-27(24,25)5)11-12-22-16-23(28)17-26(29)20(22)4/h10-12,18-19,23-26,28-29H,6-9,13-17H2,1-5H3/b12-11-/t19-,23+,24-,25+,26-,27-/m1/s1. The predicted molar refractivity (Wildman–Crippen MR) is 123 cm³/mol. The quantitative estimate of drug-likeness (QED) is 0.506. The van der Waals surface area contributed by atoms with E-state index >= 15 is 0 Å². The molecule has 1 saturated carbocycles. The van der Waals surface area contributed by atoms with Crippen LogP contribution in [0.1, 0.15) is 92.4 Å². The molecule has 6 atom stereocenters. The van der Waals surface area contributed by atoms with Gasteiger partial charge in [-0.2, -0.15) is 0 Å². The molecular weight excluding hydrogens is 356 g/mol. The van der Waals surface area contributed by atoms with Gasteiger partial charge in [0.2, 0.25) is 0 Å². The van der Waals surface area contributed by atoms with Crippen molar-refractivity contribution in [1.29, 1.82) is 0 Å². The van der Waals surface area contributed by atoms with E-state index < -0.39 is 12.2 Å². The van der Waals surface area contributed by atoms with Crippen molar-refractivity contribution in [2.75, 3.05) is 0 Å². The van der Waals surface area contributed by atoms with Gasteiger partial charge in [-0.25, -0.2) is 0 Å². The molecular formula is C27H44O2. The van der Waals surface area contributed by atoms with Gasteiger partial charge in [-0.3, -0.25) is 0 Å². The van der Waals surface area contributed by atoms with Crippen molar-refractivity contribution in [1.82, 2.24) is 0 Å². The van der Waals surface area contributed by atoms with E-state index in [2.05, 4.69) is 45.9 Å². The lowest BCUT2D eigenvalue weighted by atomic mass is 9.62. The van der Waals surface area contributed by atoms with E-state index in [9.17, 15) is 10.2 Å². The van der Waals surface area contributed by atoms with Gasteiger partial charge in [-0.1, -0.05) is 65.2 Å². The lowest BCUT2D eigenvalue weighted by Gasteiger charge is -2.43. The SMILES string of the molecule is CC1=C(/C=C\C2=CCC[C@]3(C)[C@@H]([C@H](C)CCCC(C)C)CC[C@@H]23)C[C@H](O)C[C@H]1O. The Morgan fingerprint density at radius 1 is 1.14 bits per heavy atom. The fraction of sp³-hybridized carbons (Fsp3) is 0.778. The van der Waals surface area contributed by atoms with E-state index in [1.54, 1.807) is 0 Å². The van der Waals surface area contributed by atoms with Crippen molar-refractivity contribution in [3.8, 4) is 0 Å². The molecule has 0 spiro atoms. The van der Waals surface area contributed by atoms with Gasteiger partial charge in [0.25, 0.3) is 0 Å². The summed E-state index contributed by atoms with van der Waals surface area (Å²) in [6, 6.07) is 0. The number of aliphatic hydroxyl groups excluding tert-OH is 2. The minimum Gasteiger partial charge on any atom is -0.393 e. The minimum absolute atomic E-state index is 0.415. The Bertz CT molecular complexity index is 655. The minimum atomic E-state index is -0.494. The molecule has 2 N–H and O–H groups in total. The van der Waals surface area contributed by atoms with Crippen LogP contribution in [-0.4, -0.2) is 22.4 Å². The van der Waals surface area contributed by atoms with Crippen molar-refractivity contribution in [3.05, 3.63) is 34.9 Å². The third kappa shape index (κ3) is 5.07. The second-order valence-corrected chi connectivity index (χ2v) is 10.9. The van der Waals surface area contributed by atoms with Crippen LogP contribution in [0.15, 0.2) is 34.9 Å². The summed E-state index contributed by atoms with van der Waals surface area (Å²) in [4.78, 5) is 0. The Kier molecular flexibility index (Phi) is 7.49. The van der Waals surface area contributed by atoms with E-state index in [4.69, 9.17) is 0 Å². The average molecular weight is 401 g/mol. The number of aliphatic hydroxyl groups is 2. The van der Waals surface area contributed by atoms with Crippen molar-refractivity contribution < 1.29 is 10.2 Å². The Balaban J connectivity index is 1.69. The molecule has 1 fully saturated rings. The molecule has 164 valence electrons. The van der Waals surface area contributed by atoms with Crippen LogP contribution in [0.2, 0.25) is 0 Å². The van der Waals surface area contributed by atoms with Gasteiger partial charge >= 0.3 is 0 Å². The lowest BCUT2D eigenvalue weighted by Crippen LogP contribution is -2.35. The normalized spacial score (nSPS) is 36.6. The molecule has 3 rings (SSSR count). The summed E-state index contributed by atoms with van der Waals surface area (Å²) in [5, 5.41) is 20.2. The zero-order valence-corrected chi connectivity index (χ0v) is 19.5. The lowest BCUT2D eigenvalue weighted by molar-refractivity contribution is 0.0878. The maximum atomic E-state index is 10.2. The van der Waals surface area contributed by atoms with Crippen LogP contribution in [0.5, 0.6) is 0 Å². The second kappa shape index (κ2) is 9.52. The van der Waals surface area contributed by atoms with Crippen LogP contribution in [-0.2, 0) is 0 Å². The Labute approximate surface area is 179 Å². The first-order chi connectivity index (χ1) is 13.7. The van der Waals surface area contributed by atoms with Gasteiger partial charge in [0.15, 0.2) is 0 Å². The molecule has 0 amide bonds. The predicted octanol–water partition coefficient (Wildman–Crippen LogP) is 6.59. The molecule has 0 heterocycles. The van der Waals surface area contributed by atoms with Gasteiger partial charge < -0.3 is 10.2 Å². The number of rotatable bonds is 7. The monoisotopic (exact) mass is 400 g/mol. The summed E-state index contributed by atoms with van der Waals surface area (Å²) < 4.78 is 0. The van der Waals surface area contributed by atoms with Gasteiger partial charge in [0, 0.05) is 6.42 Å². The van der Waals surface area contributed by atoms with Gasteiger partial charge in [0.05, 0.1) is 12.2 Å². The number of hydrogen-bond donors (Lipinski definition) is 2. The van der Waals surface area contributed by atoms with Crippen LogP contribution >= 0.6 is 0 Å². The topological polar surface area (TPSA) is 40.5 Å². The van der Waals surface area contributed by atoms with E-state index in [-0.39, 0.29) is 0 Å². The first-order valence-corrected chi connectivity index (χ1v) is 12.2. The molecule has 2 heteroatoms. The largest absolute Gasteiger partial charge is 0.393 e. The van der Waals surface area contributed by atoms with Crippen LogP contribution in [0.4, 0.5) is 0 Å². The first kappa shape index (κ1) is 22.8. The fourth-order valence-electron chi connectivity index (χ4n) is 6.57. The van der Waals surface area contributed by atoms with Crippen molar-refractivity contribution in [3.63, 3.8) is 0 Å². The Morgan fingerprint density at radius 2 is 1.90 bits per heavy atom. The summed E-state index contributed by atoms with van der Waals surface area (Å²) in [5.41, 5.74) is 4.10. The van der Waals surface area contributed by atoms with Crippen LogP contribution < -0.4 is 0 Å². The molecule has 0 aromatic carbocycles. The Morgan fingerprint density at radius 3 is 2.62 bits per heavy atom. The maximum absolute atomic E-state index is 10.2. The molecule has 3 aliphatic carbocycles. The van der Waals surface area contributed by atoms with E-state index in [1.165, 1.54) is 50.5 Å². The molecule has 0 aliphatic heterocycles. The van der Waals surface area contributed by atoms with Crippen LogP contribution in [0.25, 0.3) is 0 Å². The van der Waals surface area contributed by atoms with Gasteiger partial charge in [-0.05, 0) is 84.8 Å². The molecule has 0 bridgehead atoms. The zero-order valence-electron chi connectivity index (χ0n) is 19.5. The van der Waals surface area contributed by atoms with E-state index in [1.807, 2.05) is 6.92 Å². The van der Waals surface area contributed by atoms with Crippen molar-refractivity contribution >= 4 is 0 Å². The van der Waals surface area contributed by atoms with Crippen LogP contribution in [0.3, 0.4) is 0 Å². The smallest absolute Gasteiger partial charge is 0.0777 e. The molecule has 0 unspecified atom stereocenters. The molecule has 29 heavy (non-hydrogen) atoms. The highest BCUT2D eigenvalue weighted by molar-refractivity contribution is 5.37. The van der Waals surface area contributed by atoms with Gasteiger partial charge in [-0.15, -0.1) is 0 Å².